The molecular formula is C23H20ClN5O2. The number of ether oxygens (including phenoxy) is 1. The minimum Gasteiger partial charge on any atom is -0.439 e. The number of amides is 1. The molecule has 8 heteroatoms. The fourth-order valence-electron chi connectivity index (χ4n) is 2.99. The van der Waals surface area contributed by atoms with E-state index in [-0.39, 0.29) is 5.91 Å². The lowest BCUT2D eigenvalue weighted by Gasteiger charge is -2.10. The molecule has 2 aromatic carbocycles. The van der Waals surface area contributed by atoms with E-state index in [1.54, 1.807) is 60.9 Å². The van der Waals surface area contributed by atoms with Crippen LogP contribution < -0.4 is 10.1 Å². The van der Waals surface area contributed by atoms with Crippen LogP contribution in [0.25, 0.3) is 5.82 Å². The minimum absolute atomic E-state index is 0.238. The normalized spacial score (nSPS) is 10.7. The summed E-state index contributed by atoms with van der Waals surface area (Å²) < 4.78 is 7.81. The van der Waals surface area contributed by atoms with Crippen molar-refractivity contribution in [2.24, 2.45) is 0 Å². The topological polar surface area (TPSA) is 81.9 Å². The summed E-state index contributed by atoms with van der Waals surface area (Å²) in [6, 6.07) is 15.6. The van der Waals surface area contributed by atoms with Gasteiger partial charge in [0.25, 0.3) is 5.91 Å². The van der Waals surface area contributed by atoms with Gasteiger partial charge in [0.15, 0.2) is 0 Å². The van der Waals surface area contributed by atoms with Gasteiger partial charge in [-0.3, -0.25) is 9.36 Å². The van der Waals surface area contributed by atoms with Gasteiger partial charge in [-0.05, 0) is 63.2 Å². The van der Waals surface area contributed by atoms with Crippen LogP contribution in [0.4, 0.5) is 5.69 Å². The first-order valence-corrected chi connectivity index (χ1v) is 9.98. The molecule has 0 saturated heterocycles. The molecule has 0 aliphatic heterocycles. The maximum Gasteiger partial charge on any atom is 0.255 e. The molecule has 0 unspecified atom stereocenters. The third-order valence-electron chi connectivity index (χ3n) is 4.72. The van der Waals surface area contributed by atoms with Gasteiger partial charge in [-0.25, -0.2) is 9.97 Å². The molecule has 31 heavy (non-hydrogen) atoms. The molecule has 7 nitrogen and oxygen atoms in total. The Bertz CT molecular complexity index is 1250. The molecule has 0 aliphatic rings. The summed E-state index contributed by atoms with van der Waals surface area (Å²) in [6.07, 6.45) is 1.73. The number of benzene rings is 2. The number of aromatic nitrogens is 4. The molecule has 4 aromatic rings. The highest BCUT2D eigenvalue weighted by molar-refractivity contribution is 6.31. The third-order valence-corrected chi connectivity index (χ3v) is 4.96. The monoisotopic (exact) mass is 433 g/mol. The van der Waals surface area contributed by atoms with Gasteiger partial charge in [-0.15, -0.1) is 0 Å². The highest BCUT2D eigenvalue weighted by Gasteiger charge is 2.11. The van der Waals surface area contributed by atoms with Crippen molar-refractivity contribution in [2.45, 2.75) is 20.8 Å². The second-order valence-corrected chi connectivity index (χ2v) is 7.42. The Hall–Kier alpha value is -3.71. The summed E-state index contributed by atoms with van der Waals surface area (Å²) in [5, 5.41) is 3.35. The molecule has 1 N–H and O–H groups in total. The van der Waals surface area contributed by atoms with Crippen LogP contribution in [0.3, 0.4) is 0 Å². The van der Waals surface area contributed by atoms with Gasteiger partial charge in [-0.2, -0.15) is 4.98 Å². The van der Waals surface area contributed by atoms with Crippen molar-refractivity contribution >= 4 is 23.2 Å². The number of halogens is 1. The zero-order chi connectivity index (χ0) is 22.0. The highest BCUT2D eigenvalue weighted by atomic mass is 35.5. The maximum absolute atomic E-state index is 12.4. The summed E-state index contributed by atoms with van der Waals surface area (Å²) in [6.45, 7) is 5.74. The van der Waals surface area contributed by atoms with Crippen molar-refractivity contribution < 1.29 is 9.53 Å². The first kappa shape index (κ1) is 20.6. The Labute approximate surface area is 184 Å². The van der Waals surface area contributed by atoms with Crippen LogP contribution in [0.2, 0.25) is 5.02 Å². The zero-order valence-electron chi connectivity index (χ0n) is 17.3. The molecule has 0 fully saturated rings. The summed E-state index contributed by atoms with van der Waals surface area (Å²) in [5.41, 5.74) is 3.07. The van der Waals surface area contributed by atoms with Crippen molar-refractivity contribution in [1.29, 1.82) is 0 Å². The Morgan fingerprint density at radius 1 is 1.03 bits per heavy atom. The summed E-state index contributed by atoms with van der Waals surface area (Å²) in [4.78, 5) is 25.5. The number of carbonyl (C=O) groups excluding carboxylic acids is 1. The molecule has 0 radical (unpaired) electrons. The lowest BCUT2D eigenvalue weighted by atomic mass is 10.2. The number of rotatable bonds is 5. The van der Waals surface area contributed by atoms with E-state index in [4.69, 9.17) is 16.3 Å². The quantitative estimate of drug-likeness (QED) is 0.462. The molecule has 4 rings (SSSR count). The van der Waals surface area contributed by atoms with Crippen LogP contribution >= 0.6 is 11.6 Å². The Balaban J connectivity index is 1.49. The molecule has 1 amide bonds. The van der Waals surface area contributed by atoms with E-state index < -0.39 is 0 Å². The number of hydrogen-bond acceptors (Lipinski definition) is 5. The van der Waals surface area contributed by atoms with E-state index in [9.17, 15) is 4.79 Å². The molecule has 2 heterocycles. The lowest BCUT2D eigenvalue weighted by Crippen LogP contribution is -2.11. The number of nitrogens with zero attached hydrogens (tertiary/aromatic N) is 4. The predicted octanol–water partition coefficient (Wildman–Crippen LogP) is 5.29. The smallest absolute Gasteiger partial charge is 0.255 e. The van der Waals surface area contributed by atoms with Gasteiger partial charge >= 0.3 is 0 Å². The van der Waals surface area contributed by atoms with Crippen LogP contribution in [-0.4, -0.2) is 25.4 Å². The first-order valence-electron chi connectivity index (χ1n) is 9.60. The van der Waals surface area contributed by atoms with Crippen molar-refractivity contribution in [1.82, 2.24) is 19.5 Å². The standard InChI is InChI=1S/C23H20ClN5O2/c1-14-15(2)29(13-25-14)21-12-22(27-16(3)26-21)31-20-9-7-19(8-10-20)28-23(30)17-5-4-6-18(24)11-17/h4-13H,1-3H3,(H,28,30). The molecule has 0 spiro atoms. The summed E-state index contributed by atoms with van der Waals surface area (Å²) in [5.74, 6) is 2.04. The first-order chi connectivity index (χ1) is 14.9. The van der Waals surface area contributed by atoms with Gasteiger partial charge in [0.1, 0.15) is 23.7 Å². The number of carbonyl (C=O) groups is 1. The largest absolute Gasteiger partial charge is 0.439 e. The van der Waals surface area contributed by atoms with Crippen LogP contribution in [0.5, 0.6) is 11.6 Å². The van der Waals surface area contributed by atoms with E-state index in [2.05, 4.69) is 20.3 Å². The number of imidazole rings is 1. The number of aryl methyl sites for hydroxylation is 2. The van der Waals surface area contributed by atoms with Crippen LogP contribution in [0, 0.1) is 20.8 Å². The average molecular weight is 434 g/mol. The predicted molar refractivity (Wildman–Crippen MR) is 119 cm³/mol. The lowest BCUT2D eigenvalue weighted by molar-refractivity contribution is 0.102. The molecule has 156 valence electrons. The van der Waals surface area contributed by atoms with Gasteiger partial charge in [0.05, 0.1) is 5.69 Å². The summed E-state index contributed by atoms with van der Waals surface area (Å²) >= 11 is 5.95. The van der Waals surface area contributed by atoms with Gasteiger partial charge < -0.3 is 10.1 Å². The van der Waals surface area contributed by atoms with Crippen molar-refractivity contribution in [3.63, 3.8) is 0 Å². The molecular weight excluding hydrogens is 414 g/mol. The Morgan fingerprint density at radius 2 is 1.81 bits per heavy atom. The average Bonchev–Trinajstić information content (AvgIpc) is 3.07. The molecule has 2 aromatic heterocycles. The van der Waals surface area contributed by atoms with E-state index in [1.165, 1.54) is 0 Å². The van der Waals surface area contributed by atoms with Gasteiger partial charge in [-0.1, -0.05) is 17.7 Å². The van der Waals surface area contributed by atoms with Crippen LogP contribution in [0.15, 0.2) is 60.9 Å². The molecule has 0 aliphatic carbocycles. The number of anilines is 1. The van der Waals surface area contributed by atoms with Crippen molar-refractivity contribution in [2.75, 3.05) is 5.32 Å². The van der Waals surface area contributed by atoms with Gasteiger partial charge in [0.2, 0.25) is 5.88 Å². The highest BCUT2D eigenvalue weighted by Crippen LogP contribution is 2.24. The number of nitrogens with one attached hydrogen (secondary N) is 1. The molecule has 0 saturated carbocycles. The van der Waals surface area contributed by atoms with E-state index in [0.29, 0.717) is 39.5 Å². The SMILES string of the molecule is Cc1nc(Oc2ccc(NC(=O)c3cccc(Cl)c3)cc2)cc(-n2cnc(C)c2C)n1. The number of hydrogen-bond donors (Lipinski definition) is 1. The fraction of sp³-hybridized carbons (Fsp3) is 0.130. The Kier molecular flexibility index (Phi) is 5.68. The van der Waals surface area contributed by atoms with E-state index >= 15 is 0 Å². The maximum atomic E-state index is 12.4. The minimum atomic E-state index is -0.238. The van der Waals surface area contributed by atoms with E-state index in [0.717, 1.165) is 11.4 Å². The van der Waals surface area contributed by atoms with Crippen LogP contribution in [-0.2, 0) is 0 Å². The summed E-state index contributed by atoms with van der Waals surface area (Å²) in [7, 11) is 0. The second-order valence-electron chi connectivity index (χ2n) is 6.99. The fourth-order valence-corrected chi connectivity index (χ4v) is 3.18. The Morgan fingerprint density at radius 3 is 2.48 bits per heavy atom. The van der Waals surface area contributed by atoms with E-state index in [1.807, 2.05) is 25.3 Å². The van der Waals surface area contributed by atoms with Gasteiger partial charge in [0, 0.05) is 28.0 Å². The zero-order valence-corrected chi connectivity index (χ0v) is 18.0. The van der Waals surface area contributed by atoms with Crippen LogP contribution in [0.1, 0.15) is 27.6 Å². The van der Waals surface area contributed by atoms with Crippen molar-refractivity contribution in [3.8, 4) is 17.4 Å². The third kappa shape index (κ3) is 4.73. The second kappa shape index (κ2) is 8.57. The molecule has 0 bridgehead atoms. The van der Waals surface area contributed by atoms with Crippen molar-refractivity contribution in [3.05, 3.63) is 88.7 Å². The molecule has 0 atom stereocenters.